The highest BCUT2D eigenvalue weighted by atomic mass is 32.2. The fraction of sp³-hybridized carbons (Fsp3) is 0.900. The number of ether oxygens (including phenoxy) is 2. The third kappa shape index (κ3) is 3.91. The molecule has 0 saturated carbocycles. The molecular weight excluding hydrogens is 262 g/mol. The molecule has 0 aliphatic carbocycles. The minimum Gasteiger partial charge on any atom is -0.468 e. The van der Waals surface area contributed by atoms with Gasteiger partial charge >= 0.3 is 5.97 Å². The molecule has 1 atom stereocenters. The zero-order chi connectivity index (χ0) is 14.0. The Morgan fingerprint density at radius 1 is 1.56 bits per heavy atom. The molecule has 1 unspecified atom stereocenters. The average molecular weight is 281 g/mol. The van der Waals surface area contributed by atoms with E-state index < -0.39 is 33.5 Å². The number of rotatable bonds is 4. The van der Waals surface area contributed by atoms with E-state index in [9.17, 15) is 13.2 Å². The Morgan fingerprint density at radius 3 is 2.67 bits per heavy atom. The highest BCUT2D eigenvalue weighted by Crippen LogP contribution is 2.23. The minimum absolute atomic E-state index is 0.0409. The van der Waals surface area contributed by atoms with Gasteiger partial charge in [-0.15, -0.1) is 0 Å². The molecule has 1 aliphatic heterocycles. The number of nitrogens with zero attached hydrogens (tertiary/aromatic N) is 1. The van der Waals surface area contributed by atoms with Gasteiger partial charge in [-0.3, -0.25) is 4.79 Å². The molecule has 0 aromatic carbocycles. The van der Waals surface area contributed by atoms with Crippen LogP contribution in [0.5, 0.6) is 0 Å². The van der Waals surface area contributed by atoms with Crippen molar-refractivity contribution in [3.05, 3.63) is 0 Å². The van der Waals surface area contributed by atoms with Crippen LogP contribution in [0.25, 0.3) is 0 Å². The molecule has 0 bridgehead atoms. The normalized spacial score (nSPS) is 24.8. The van der Waals surface area contributed by atoms with Crippen LogP contribution in [0.3, 0.4) is 0 Å². The summed E-state index contributed by atoms with van der Waals surface area (Å²) in [4.78, 5) is 11.1. The molecule has 1 rings (SSSR count). The summed E-state index contributed by atoms with van der Waals surface area (Å²) in [6, 6.07) is 0. The maximum absolute atomic E-state index is 12.0. The molecule has 1 aliphatic rings. The summed E-state index contributed by atoms with van der Waals surface area (Å²) in [5, 5.41) is 9.10. The van der Waals surface area contributed by atoms with Crippen LogP contribution >= 0.6 is 0 Å². The first-order valence-electron chi connectivity index (χ1n) is 5.53. The van der Waals surface area contributed by atoms with Gasteiger partial charge in [0.2, 0.25) is 10.0 Å². The molecular formula is C10H19NO6S. The lowest BCUT2D eigenvalue weighted by Gasteiger charge is -2.41. The molecule has 8 heteroatoms. The van der Waals surface area contributed by atoms with Crippen molar-refractivity contribution >= 4 is 16.0 Å². The van der Waals surface area contributed by atoms with Crippen molar-refractivity contribution in [3.8, 4) is 0 Å². The second kappa shape index (κ2) is 5.52. The quantitative estimate of drug-likeness (QED) is 0.662. The van der Waals surface area contributed by atoms with E-state index in [1.165, 1.54) is 0 Å². The Kier molecular flexibility index (Phi) is 4.71. The molecule has 18 heavy (non-hydrogen) atoms. The summed E-state index contributed by atoms with van der Waals surface area (Å²) in [5.74, 6) is -1.50. The van der Waals surface area contributed by atoms with E-state index >= 15 is 0 Å². The van der Waals surface area contributed by atoms with Crippen LogP contribution in [0.1, 0.15) is 13.8 Å². The maximum Gasteiger partial charge on any atom is 0.322 e. The maximum atomic E-state index is 12.0. The van der Waals surface area contributed by atoms with Crippen LogP contribution in [-0.4, -0.2) is 68.1 Å². The molecule has 0 amide bonds. The van der Waals surface area contributed by atoms with E-state index in [1.807, 2.05) is 0 Å². The van der Waals surface area contributed by atoms with E-state index in [0.29, 0.717) is 0 Å². The van der Waals surface area contributed by atoms with Crippen LogP contribution in [0.4, 0.5) is 0 Å². The third-order valence-corrected chi connectivity index (χ3v) is 4.24. The lowest BCUT2D eigenvalue weighted by molar-refractivity contribution is -0.138. The molecule has 1 saturated heterocycles. The van der Waals surface area contributed by atoms with E-state index in [4.69, 9.17) is 9.84 Å². The van der Waals surface area contributed by atoms with Crippen LogP contribution < -0.4 is 0 Å². The van der Waals surface area contributed by atoms with Crippen LogP contribution in [0.15, 0.2) is 0 Å². The molecule has 0 aromatic rings. The molecule has 1 heterocycles. The van der Waals surface area contributed by atoms with E-state index in [-0.39, 0.29) is 19.7 Å². The highest BCUT2D eigenvalue weighted by molar-refractivity contribution is 7.89. The number of aliphatic hydroxyl groups is 1. The topological polar surface area (TPSA) is 93.1 Å². The van der Waals surface area contributed by atoms with Crippen molar-refractivity contribution < 1.29 is 27.8 Å². The van der Waals surface area contributed by atoms with Gasteiger partial charge in [0.15, 0.2) is 5.75 Å². The summed E-state index contributed by atoms with van der Waals surface area (Å²) >= 11 is 0. The average Bonchev–Trinajstić information content (AvgIpc) is 2.26. The van der Waals surface area contributed by atoms with Crippen LogP contribution in [0.2, 0.25) is 0 Å². The number of methoxy groups -OCH3 is 1. The van der Waals surface area contributed by atoms with Gasteiger partial charge in [-0.2, -0.15) is 4.31 Å². The van der Waals surface area contributed by atoms with Crippen molar-refractivity contribution in [3.63, 3.8) is 0 Å². The van der Waals surface area contributed by atoms with Crippen molar-refractivity contribution in [2.24, 2.45) is 0 Å². The van der Waals surface area contributed by atoms with Gasteiger partial charge in [0.25, 0.3) is 0 Å². The summed E-state index contributed by atoms with van der Waals surface area (Å²) in [6.07, 6.45) is -0.582. The Labute approximate surface area is 107 Å². The first-order valence-corrected chi connectivity index (χ1v) is 7.14. The monoisotopic (exact) mass is 281 g/mol. The van der Waals surface area contributed by atoms with Gasteiger partial charge in [-0.25, -0.2) is 8.42 Å². The highest BCUT2D eigenvalue weighted by Gasteiger charge is 2.39. The minimum atomic E-state index is -3.74. The summed E-state index contributed by atoms with van der Waals surface area (Å²) in [6.45, 7) is 3.38. The SMILES string of the molecule is COC(=O)CS(=O)(=O)N1CC(CO)OC(C)(C)C1. The van der Waals surface area contributed by atoms with Gasteiger partial charge in [-0.1, -0.05) is 0 Å². The molecule has 0 spiro atoms. The van der Waals surface area contributed by atoms with Crippen LogP contribution in [-0.2, 0) is 24.3 Å². The number of hydrogen-bond donors (Lipinski definition) is 1. The molecule has 1 N–H and O–H groups in total. The standard InChI is InChI=1S/C10H19NO6S/c1-10(2)7-11(4-8(5-12)17-10)18(14,15)6-9(13)16-3/h8,12H,4-7H2,1-3H3. The predicted molar refractivity (Wildman–Crippen MR) is 63.4 cm³/mol. The first-order chi connectivity index (χ1) is 8.20. The zero-order valence-electron chi connectivity index (χ0n) is 10.7. The third-order valence-electron chi connectivity index (χ3n) is 2.58. The number of sulfonamides is 1. The first kappa shape index (κ1) is 15.4. The van der Waals surface area contributed by atoms with E-state index in [1.54, 1.807) is 13.8 Å². The second-order valence-corrected chi connectivity index (χ2v) is 6.78. The molecule has 7 nitrogen and oxygen atoms in total. The van der Waals surface area contributed by atoms with Gasteiger partial charge in [-0.05, 0) is 13.8 Å². The largest absolute Gasteiger partial charge is 0.468 e. The van der Waals surface area contributed by atoms with Crippen molar-refractivity contribution in [1.82, 2.24) is 4.31 Å². The van der Waals surface area contributed by atoms with Gasteiger partial charge in [0.05, 0.1) is 25.4 Å². The Morgan fingerprint density at radius 2 is 2.17 bits per heavy atom. The van der Waals surface area contributed by atoms with Crippen molar-refractivity contribution in [2.75, 3.05) is 32.6 Å². The van der Waals surface area contributed by atoms with E-state index in [2.05, 4.69) is 4.74 Å². The smallest absolute Gasteiger partial charge is 0.322 e. The fourth-order valence-corrected chi connectivity index (χ4v) is 3.35. The lowest BCUT2D eigenvalue weighted by Crippen LogP contribution is -2.56. The summed E-state index contributed by atoms with van der Waals surface area (Å²) in [5.41, 5.74) is -0.700. The van der Waals surface area contributed by atoms with Crippen molar-refractivity contribution in [1.29, 1.82) is 0 Å². The summed E-state index contributed by atoms with van der Waals surface area (Å²) < 4.78 is 35.0. The number of morpholine rings is 1. The number of hydrogen-bond acceptors (Lipinski definition) is 6. The van der Waals surface area contributed by atoms with Gasteiger partial charge < -0.3 is 14.6 Å². The Hall–Kier alpha value is -0.700. The van der Waals surface area contributed by atoms with Crippen LogP contribution in [0, 0.1) is 0 Å². The summed E-state index contributed by atoms with van der Waals surface area (Å²) in [7, 11) is -2.60. The zero-order valence-corrected chi connectivity index (χ0v) is 11.6. The molecule has 1 fully saturated rings. The number of esters is 1. The predicted octanol–water partition coefficient (Wildman–Crippen LogP) is -1.04. The number of aliphatic hydroxyl groups excluding tert-OH is 1. The fourth-order valence-electron chi connectivity index (χ4n) is 1.85. The lowest BCUT2D eigenvalue weighted by atomic mass is 10.1. The molecule has 0 radical (unpaired) electrons. The Bertz CT molecular complexity index is 405. The van der Waals surface area contributed by atoms with E-state index in [0.717, 1.165) is 11.4 Å². The molecule has 106 valence electrons. The molecule has 0 aromatic heterocycles. The van der Waals surface area contributed by atoms with Gasteiger partial charge in [0.1, 0.15) is 0 Å². The Balaban J connectivity index is 2.84. The van der Waals surface area contributed by atoms with Crippen molar-refractivity contribution in [2.45, 2.75) is 25.6 Å². The number of carbonyl (C=O) groups is 1. The second-order valence-electron chi connectivity index (χ2n) is 4.81. The van der Waals surface area contributed by atoms with Gasteiger partial charge in [0, 0.05) is 13.1 Å². The number of carbonyl (C=O) groups excluding carboxylic acids is 1.